The van der Waals surface area contributed by atoms with Crippen LogP contribution in [0.3, 0.4) is 0 Å². The van der Waals surface area contributed by atoms with E-state index in [1.807, 2.05) is 0 Å². The van der Waals surface area contributed by atoms with Crippen LogP contribution in [0.1, 0.15) is 39.0 Å². The van der Waals surface area contributed by atoms with E-state index in [9.17, 15) is 4.79 Å². The number of nitrogens with zero attached hydrogens (tertiary/aromatic N) is 1. The van der Waals surface area contributed by atoms with Gasteiger partial charge in [-0.2, -0.15) is 5.26 Å². The third-order valence-corrected chi connectivity index (χ3v) is 2.88. The van der Waals surface area contributed by atoms with E-state index in [1.165, 1.54) is 0 Å². The molecule has 1 aliphatic rings. The zero-order valence-electron chi connectivity index (χ0n) is 7.92. The lowest BCUT2D eigenvalue weighted by molar-refractivity contribution is -0.144. The van der Waals surface area contributed by atoms with Crippen LogP contribution in [0.4, 0.5) is 0 Å². The van der Waals surface area contributed by atoms with Gasteiger partial charge in [-0.05, 0) is 12.8 Å². The highest BCUT2D eigenvalue weighted by Gasteiger charge is 2.60. The average Bonchev–Trinajstić information content (AvgIpc) is 2.81. The minimum absolute atomic E-state index is 0.234. The van der Waals surface area contributed by atoms with Gasteiger partial charge in [0.15, 0.2) is 0 Å². The highest BCUT2D eigenvalue weighted by Crippen LogP contribution is 2.55. The lowest BCUT2D eigenvalue weighted by Gasteiger charge is -2.08. The molecule has 0 saturated heterocycles. The van der Waals surface area contributed by atoms with Gasteiger partial charge in [0, 0.05) is 0 Å². The maximum atomic E-state index is 10.9. The molecule has 0 amide bonds. The summed E-state index contributed by atoms with van der Waals surface area (Å²) in [6, 6.07) is 2.06. The Morgan fingerprint density at radius 1 is 1.69 bits per heavy atom. The number of carboxylic acids is 1. The predicted octanol–water partition coefficient (Wildman–Crippen LogP) is 2.18. The highest BCUT2D eigenvalue weighted by atomic mass is 16.4. The lowest BCUT2D eigenvalue weighted by atomic mass is 9.96. The number of hydrogen-bond donors (Lipinski definition) is 1. The molecule has 1 rings (SSSR count). The van der Waals surface area contributed by atoms with E-state index in [0.29, 0.717) is 12.8 Å². The van der Waals surface area contributed by atoms with E-state index >= 15 is 0 Å². The molecule has 0 aromatic rings. The Balaban J connectivity index is 2.44. The van der Waals surface area contributed by atoms with Crippen LogP contribution < -0.4 is 0 Å². The van der Waals surface area contributed by atoms with E-state index in [2.05, 4.69) is 13.0 Å². The molecule has 13 heavy (non-hydrogen) atoms. The van der Waals surface area contributed by atoms with Crippen molar-refractivity contribution >= 4 is 5.97 Å². The average molecular weight is 181 g/mol. The summed E-state index contributed by atoms with van der Waals surface area (Å²) in [5, 5.41) is 17.6. The van der Waals surface area contributed by atoms with Crippen molar-refractivity contribution in [3.8, 4) is 6.07 Å². The first-order valence-electron chi connectivity index (χ1n) is 4.80. The van der Waals surface area contributed by atoms with Crippen LogP contribution >= 0.6 is 0 Å². The second-order valence-electron chi connectivity index (χ2n) is 3.80. The van der Waals surface area contributed by atoms with Crippen LogP contribution in [0.2, 0.25) is 0 Å². The number of carbonyl (C=O) groups is 1. The van der Waals surface area contributed by atoms with Gasteiger partial charge in [0.05, 0.1) is 17.4 Å². The largest absolute Gasteiger partial charge is 0.481 e. The SMILES string of the molecule is CCCCCC1(C(=O)O)CC1C#N. The standard InChI is InChI=1S/C10H15NO2/c1-2-3-4-5-10(9(12)13)6-8(10)7-11/h8H,2-6H2,1H3,(H,12,13). The van der Waals surface area contributed by atoms with Gasteiger partial charge in [-0.1, -0.05) is 26.2 Å². The maximum absolute atomic E-state index is 10.9. The fourth-order valence-electron chi connectivity index (χ4n) is 1.78. The Bertz CT molecular complexity index is 244. The number of unbranched alkanes of at least 4 members (excludes halogenated alkanes) is 2. The molecule has 1 fully saturated rings. The Labute approximate surface area is 78.4 Å². The Morgan fingerprint density at radius 3 is 2.77 bits per heavy atom. The normalized spacial score (nSPS) is 30.9. The molecule has 0 heterocycles. The van der Waals surface area contributed by atoms with Gasteiger partial charge in [-0.3, -0.25) is 4.79 Å². The van der Waals surface area contributed by atoms with Gasteiger partial charge in [-0.25, -0.2) is 0 Å². The Kier molecular flexibility index (Phi) is 2.92. The van der Waals surface area contributed by atoms with Crippen molar-refractivity contribution in [2.24, 2.45) is 11.3 Å². The number of nitriles is 1. The van der Waals surface area contributed by atoms with Crippen LogP contribution in [0.25, 0.3) is 0 Å². The van der Waals surface area contributed by atoms with Gasteiger partial charge in [0.1, 0.15) is 0 Å². The maximum Gasteiger partial charge on any atom is 0.311 e. The molecule has 1 N–H and O–H groups in total. The van der Waals surface area contributed by atoms with Gasteiger partial charge in [-0.15, -0.1) is 0 Å². The van der Waals surface area contributed by atoms with E-state index < -0.39 is 11.4 Å². The third-order valence-electron chi connectivity index (χ3n) is 2.88. The van der Waals surface area contributed by atoms with Crippen LogP contribution in [0.15, 0.2) is 0 Å². The first-order chi connectivity index (χ1) is 6.17. The minimum atomic E-state index is -0.782. The summed E-state index contributed by atoms with van der Waals surface area (Å²) in [5.41, 5.74) is -0.677. The second kappa shape index (κ2) is 3.78. The first-order valence-corrected chi connectivity index (χ1v) is 4.80. The molecule has 1 aliphatic carbocycles. The Morgan fingerprint density at radius 2 is 2.38 bits per heavy atom. The minimum Gasteiger partial charge on any atom is -0.481 e. The van der Waals surface area contributed by atoms with Crippen molar-refractivity contribution in [3.05, 3.63) is 0 Å². The van der Waals surface area contributed by atoms with Crippen LogP contribution in [0, 0.1) is 22.7 Å². The third kappa shape index (κ3) is 1.82. The van der Waals surface area contributed by atoms with Crippen LogP contribution in [-0.4, -0.2) is 11.1 Å². The summed E-state index contributed by atoms with van der Waals surface area (Å²) in [5.74, 6) is -1.02. The quantitative estimate of drug-likeness (QED) is 0.661. The highest BCUT2D eigenvalue weighted by molar-refractivity contribution is 5.79. The summed E-state index contributed by atoms with van der Waals surface area (Å²) in [4.78, 5) is 10.9. The predicted molar refractivity (Wildman–Crippen MR) is 47.9 cm³/mol. The molecule has 2 unspecified atom stereocenters. The molecule has 1 saturated carbocycles. The molecule has 2 atom stereocenters. The summed E-state index contributed by atoms with van der Waals surface area (Å²) in [6.45, 7) is 2.09. The molecular weight excluding hydrogens is 166 g/mol. The van der Waals surface area contributed by atoms with Gasteiger partial charge < -0.3 is 5.11 Å². The van der Waals surface area contributed by atoms with E-state index in [0.717, 1.165) is 19.3 Å². The molecule has 3 heteroatoms. The molecule has 0 aromatic heterocycles. The molecule has 3 nitrogen and oxygen atoms in total. The van der Waals surface area contributed by atoms with Crippen molar-refractivity contribution in [1.29, 1.82) is 5.26 Å². The molecule has 0 aliphatic heterocycles. The molecule has 0 aromatic carbocycles. The van der Waals surface area contributed by atoms with Crippen molar-refractivity contribution < 1.29 is 9.90 Å². The zero-order chi connectivity index (χ0) is 9.90. The summed E-state index contributed by atoms with van der Waals surface area (Å²) in [7, 11) is 0. The molecule has 0 bridgehead atoms. The lowest BCUT2D eigenvalue weighted by Crippen LogP contribution is -2.17. The molecule has 72 valence electrons. The number of rotatable bonds is 5. The fourth-order valence-corrected chi connectivity index (χ4v) is 1.78. The van der Waals surface area contributed by atoms with Gasteiger partial charge >= 0.3 is 5.97 Å². The summed E-state index contributed by atoms with van der Waals surface area (Å²) >= 11 is 0. The number of aliphatic carboxylic acids is 1. The molecule has 0 spiro atoms. The number of hydrogen-bond acceptors (Lipinski definition) is 2. The summed E-state index contributed by atoms with van der Waals surface area (Å²) < 4.78 is 0. The molecular formula is C10H15NO2. The van der Waals surface area contributed by atoms with Gasteiger partial charge in [0.2, 0.25) is 0 Å². The van der Waals surface area contributed by atoms with Crippen molar-refractivity contribution in [3.63, 3.8) is 0 Å². The summed E-state index contributed by atoms with van der Waals surface area (Å²) in [6.07, 6.45) is 4.32. The van der Waals surface area contributed by atoms with Crippen molar-refractivity contribution in [2.45, 2.75) is 39.0 Å². The van der Waals surface area contributed by atoms with E-state index in [4.69, 9.17) is 10.4 Å². The fraction of sp³-hybridized carbons (Fsp3) is 0.800. The van der Waals surface area contributed by atoms with Crippen molar-refractivity contribution in [2.75, 3.05) is 0 Å². The zero-order valence-corrected chi connectivity index (χ0v) is 7.92. The number of carboxylic acid groups (broad SMARTS) is 1. The second-order valence-corrected chi connectivity index (χ2v) is 3.80. The first kappa shape index (κ1) is 10.0. The smallest absolute Gasteiger partial charge is 0.311 e. The monoisotopic (exact) mass is 181 g/mol. The Hall–Kier alpha value is -1.04. The van der Waals surface area contributed by atoms with E-state index in [1.54, 1.807) is 0 Å². The molecule has 0 radical (unpaired) electrons. The van der Waals surface area contributed by atoms with Crippen LogP contribution in [-0.2, 0) is 4.79 Å². The topological polar surface area (TPSA) is 61.1 Å². The van der Waals surface area contributed by atoms with E-state index in [-0.39, 0.29) is 5.92 Å². The van der Waals surface area contributed by atoms with Crippen LogP contribution in [0.5, 0.6) is 0 Å². The van der Waals surface area contributed by atoms with Crippen molar-refractivity contribution in [1.82, 2.24) is 0 Å². The van der Waals surface area contributed by atoms with Gasteiger partial charge in [0.25, 0.3) is 0 Å².